The van der Waals surface area contributed by atoms with Gasteiger partial charge in [0.25, 0.3) is 11.6 Å². The predicted molar refractivity (Wildman–Crippen MR) is 118 cm³/mol. The van der Waals surface area contributed by atoms with Crippen LogP contribution in [0.1, 0.15) is 22.8 Å². The van der Waals surface area contributed by atoms with Gasteiger partial charge in [-0.05, 0) is 36.8 Å². The summed E-state index contributed by atoms with van der Waals surface area (Å²) in [5, 5.41) is 11.7. The van der Waals surface area contributed by atoms with Gasteiger partial charge in [0.05, 0.1) is 9.82 Å². The number of carbonyl (C=O) groups is 1. The van der Waals surface area contributed by atoms with Crippen molar-refractivity contribution in [3.05, 3.63) is 62.7 Å². The summed E-state index contributed by atoms with van der Waals surface area (Å²) >= 11 is 5.89. The summed E-state index contributed by atoms with van der Waals surface area (Å²) < 4.78 is 27.0. The van der Waals surface area contributed by atoms with E-state index < -0.39 is 14.9 Å². The van der Waals surface area contributed by atoms with E-state index >= 15 is 0 Å². The molecule has 0 bridgehead atoms. The molecule has 2 aromatic rings. The predicted octanol–water partition coefficient (Wildman–Crippen LogP) is 2.82. The molecule has 3 rings (SSSR count). The molecule has 1 fully saturated rings. The Labute approximate surface area is 185 Å². The Morgan fingerprint density at radius 1 is 1.16 bits per heavy atom. The average molecular weight is 467 g/mol. The van der Waals surface area contributed by atoms with Crippen molar-refractivity contribution in [1.82, 2.24) is 9.62 Å². The van der Waals surface area contributed by atoms with Gasteiger partial charge in [0.15, 0.2) is 0 Å². The van der Waals surface area contributed by atoms with Crippen molar-refractivity contribution in [2.75, 3.05) is 37.6 Å². The highest BCUT2D eigenvalue weighted by molar-refractivity contribution is 7.89. The molecule has 2 aromatic carbocycles. The first-order chi connectivity index (χ1) is 14.6. The van der Waals surface area contributed by atoms with Crippen LogP contribution in [-0.2, 0) is 10.0 Å². The zero-order valence-electron chi connectivity index (χ0n) is 17.2. The summed E-state index contributed by atoms with van der Waals surface area (Å²) in [4.78, 5) is 27.5. The number of aryl methyl sites for hydroxylation is 1. The van der Waals surface area contributed by atoms with E-state index in [1.54, 1.807) is 36.9 Å². The third-order valence-electron chi connectivity index (χ3n) is 5.13. The Morgan fingerprint density at radius 3 is 2.45 bits per heavy atom. The lowest BCUT2D eigenvalue weighted by Crippen LogP contribution is -2.49. The highest BCUT2D eigenvalue weighted by Gasteiger charge is 2.28. The van der Waals surface area contributed by atoms with Crippen molar-refractivity contribution in [3.63, 3.8) is 0 Å². The Morgan fingerprint density at radius 2 is 1.84 bits per heavy atom. The molecule has 0 atom stereocenters. The monoisotopic (exact) mass is 466 g/mol. The number of hydrogen-bond acceptors (Lipinski definition) is 6. The SMILES string of the molecule is CCNS(=O)(=O)c1ccc(C)c(C(=O)N2CCN(c3ccc(Cl)cc3[N+](=O)[O-])CC2)c1. The first kappa shape index (κ1) is 23.0. The number of halogens is 1. The fourth-order valence-corrected chi connectivity index (χ4v) is 4.74. The van der Waals surface area contributed by atoms with Crippen LogP contribution in [0.4, 0.5) is 11.4 Å². The average Bonchev–Trinajstić information content (AvgIpc) is 2.73. The van der Waals surface area contributed by atoms with Crippen molar-refractivity contribution in [2.45, 2.75) is 18.7 Å². The van der Waals surface area contributed by atoms with E-state index in [-0.39, 0.29) is 28.1 Å². The van der Waals surface area contributed by atoms with Gasteiger partial charge in [0.2, 0.25) is 10.0 Å². The molecule has 1 heterocycles. The minimum atomic E-state index is -3.68. The summed E-state index contributed by atoms with van der Waals surface area (Å²) in [7, 11) is -3.68. The van der Waals surface area contributed by atoms with Gasteiger partial charge in [-0.1, -0.05) is 24.6 Å². The number of piperazine rings is 1. The summed E-state index contributed by atoms with van der Waals surface area (Å²) in [6, 6.07) is 9.00. The van der Waals surface area contributed by atoms with Gasteiger partial charge < -0.3 is 9.80 Å². The Kier molecular flexibility index (Phi) is 6.83. The molecule has 1 aliphatic heterocycles. The van der Waals surface area contributed by atoms with Crippen LogP contribution in [0.15, 0.2) is 41.3 Å². The molecule has 1 amide bonds. The highest BCUT2D eigenvalue weighted by Crippen LogP contribution is 2.32. The van der Waals surface area contributed by atoms with E-state index in [2.05, 4.69) is 4.72 Å². The number of amides is 1. The lowest BCUT2D eigenvalue weighted by atomic mass is 10.1. The number of nitro groups is 1. The van der Waals surface area contributed by atoms with E-state index in [1.165, 1.54) is 18.2 Å². The minimum Gasteiger partial charge on any atom is -0.362 e. The van der Waals surface area contributed by atoms with E-state index in [0.717, 1.165) is 0 Å². The first-order valence-corrected chi connectivity index (χ1v) is 11.6. The molecule has 0 unspecified atom stereocenters. The van der Waals surface area contributed by atoms with Gasteiger partial charge in [-0.25, -0.2) is 13.1 Å². The molecule has 0 radical (unpaired) electrons. The molecule has 1 aliphatic rings. The number of sulfonamides is 1. The number of anilines is 1. The maximum Gasteiger partial charge on any atom is 0.294 e. The Balaban J connectivity index is 1.78. The number of benzene rings is 2. The van der Waals surface area contributed by atoms with Gasteiger partial charge >= 0.3 is 0 Å². The molecule has 11 heteroatoms. The number of carbonyl (C=O) groups excluding carboxylic acids is 1. The third-order valence-corrected chi connectivity index (χ3v) is 6.90. The summed E-state index contributed by atoms with van der Waals surface area (Å²) in [6.07, 6.45) is 0. The van der Waals surface area contributed by atoms with Gasteiger partial charge in [-0.3, -0.25) is 14.9 Å². The zero-order chi connectivity index (χ0) is 22.8. The fraction of sp³-hybridized carbons (Fsp3) is 0.350. The van der Waals surface area contributed by atoms with Crippen LogP contribution in [0, 0.1) is 17.0 Å². The number of nitrogens with one attached hydrogen (secondary N) is 1. The molecular weight excluding hydrogens is 444 g/mol. The van der Waals surface area contributed by atoms with E-state index in [0.29, 0.717) is 43.0 Å². The van der Waals surface area contributed by atoms with Crippen LogP contribution in [0.25, 0.3) is 0 Å². The standard InChI is InChI=1S/C20H23ClN4O5S/c1-3-22-31(29,30)16-6-4-14(2)17(13-16)20(26)24-10-8-23(9-11-24)18-7-5-15(21)12-19(18)25(27)28/h4-7,12-13,22H,3,8-11H2,1-2H3. The van der Waals surface area contributed by atoms with Gasteiger partial charge in [0, 0.05) is 49.4 Å². The second-order valence-electron chi connectivity index (χ2n) is 7.15. The van der Waals surface area contributed by atoms with Crippen LogP contribution >= 0.6 is 11.6 Å². The quantitative estimate of drug-likeness (QED) is 0.517. The minimum absolute atomic E-state index is 0.0405. The second kappa shape index (κ2) is 9.21. The summed E-state index contributed by atoms with van der Waals surface area (Å²) in [6.45, 7) is 5.20. The van der Waals surface area contributed by atoms with E-state index in [9.17, 15) is 23.3 Å². The van der Waals surface area contributed by atoms with Crippen LogP contribution in [0.3, 0.4) is 0 Å². The lowest BCUT2D eigenvalue weighted by Gasteiger charge is -2.36. The molecule has 0 spiro atoms. The number of rotatable bonds is 6. The van der Waals surface area contributed by atoms with Crippen LogP contribution in [0.5, 0.6) is 0 Å². The number of nitrogens with zero attached hydrogens (tertiary/aromatic N) is 3. The Bertz CT molecular complexity index is 1110. The van der Waals surface area contributed by atoms with Crippen LogP contribution < -0.4 is 9.62 Å². The zero-order valence-corrected chi connectivity index (χ0v) is 18.7. The smallest absolute Gasteiger partial charge is 0.294 e. The first-order valence-electron chi connectivity index (χ1n) is 9.72. The lowest BCUT2D eigenvalue weighted by molar-refractivity contribution is -0.384. The maximum atomic E-state index is 13.1. The van der Waals surface area contributed by atoms with Gasteiger partial charge in [0.1, 0.15) is 5.69 Å². The maximum absolute atomic E-state index is 13.1. The summed E-state index contributed by atoms with van der Waals surface area (Å²) in [5.41, 5.74) is 1.38. The molecule has 31 heavy (non-hydrogen) atoms. The van der Waals surface area contributed by atoms with Gasteiger partial charge in [-0.15, -0.1) is 0 Å². The molecule has 1 saturated heterocycles. The summed E-state index contributed by atoms with van der Waals surface area (Å²) in [5.74, 6) is -0.267. The van der Waals surface area contributed by atoms with E-state index in [4.69, 9.17) is 11.6 Å². The highest BCUT2D eigenvalue weighted by atomic mass is 35.5. The third kappa shape index (κ3) is 4.97. The fourth-order valence-electron chi connectivity index (χ4n) is 3.50. The van der Waals surface area contributed by atoms with E-state index in [1.807, 2.05) is 4.90 Å². The molecule has 1 N–H and O–H groups in total. The number of nitro benzene ring substituents is 1. The van der Waals surface area contributed by atoms with Crippen molar-refractivity contribution in [2.24, 2.45) is 0 Å². The number of hydrogen-bond donors (Lipinski definition) is 1. The second-order valence-corrected chi connectivity index (χ2v) is 9.35. The largest absolute Gasteiger partial charge is 0.362 e. The van der Waals surface area contributed by atoms with Crippen molar-refractivity contribution in [1.29, 1.82) is 0 Å². The molecule has 0 saturated carbocycles. The van der Waals surface area contributed by atoms with Crippen LogP contribution in [0.2, 0.25) is 5.02 Å². The normalized spacial score (nSPS) is 14.5. The topological polar surface area (TPSA) is 113 Å². The van der Waals surface area contributed by atoms with Crippen molar-refractivity contribution >= 4 is 38.9 Å². The molecule has 9 nitrogen and oxygen atoms in total. The molecule has 0 aliphatic carbocycles. The van der Waals surface area contributed by atoms with Crippen molar-refractivity contribution in [3.8, 4) is 0 Å². The van der Waals surface area contributed by atoms with Gasteiger partial charge in [-0.2, -0.15) is 0 Å². The van der Waals surface area contributed by atoms with Crippen LogP contribution in [-0.4, -0.2) is 56.9 Å². The van der Waals surface area contributed by atoms with Crippen molar-refractivity contribution < 1.29 is 18.1 Å². The molecule has 0 aromatic heterocycles. The Hall–Kier alpha value is -2.69. The molecule has 166 valence electrons. The molecular formula is C20H23ClN4O5S.